The number of rotatable bonds is 54. The van der Waals surface area contributed by atoms with Crippen LogP contribution < -0.4 is 42.6 Å². The van der Waals surface area contributed by atoms with E-state index in [1.165, 1.54) is 73.9 Å². The highest BCUT2D eigenvalue weighted by molar-refractivity contribution is 6.27. The Labute approximate surface area is 735 Å². The number of ether oxygens (including phenoxy) is 9. The molecule has 0 aromatic heterocycles. The van der Waals surface area contributed by atoms with Crippen LogP contribution in [0.2, 0.25) is 0 Å². The van der Waals surface area contributed by atoms with Crippen molar-refractivity contribution in [1.29, 1.82) is 0 Å². The number of hydrogen-bond acceptors (Lipinski definition) is 9. The smallest absolute Gasteiger partial charge is 0.204 e. The van der Waals surface area contributed by atoms with Crippen molar-refractivity contribution >= 4 is 129 Å². The number of unbranched alkanes of at least 4 members (excludes halogenated alkanes) is 27. The first-order valence-electron chi connectivity index (χ1n) is 48.9. The van der Waals surface area contributed by atoms with Gasteiger partial charge in [0.05, 0.1) is 59.5 Å². The van der Waals surface area contributed by atoms with E-state index in [1.807, 2.05) is 0 Å². The highest BCUT2D eigenvalue weighted by atomic mass is 16.6. The Morgan fingerprint density at radius 3 is 0.577 bits per heavy atom. The van der Waals surface area contributed by atoms with E-state index in [-0.39, 0.29) is 0 Å². The Morgan fingerprint density at radius 2 is 0.333 bits per heavy atom. The molecule has 0 fully saturated rings. The molecule has 0 radical (unpaired) electrons. The minimum Gasteiger partial charge on any atom is -0.490 e. The number of hydrogen-bond donors (Lipinski definition) is 0. The van der Waals surface area contributed by atoms with Crippen molar-refractivity contribution in [3.05, 3.63) is 164 Å². The van der Waals surface area contributed by atoms with Crippen molar-refractivity contribution in [3.63, 3.8) is 0 Å². The normalized spacial score (nSPS) is 11.8. The third-order valence-corrected chi connectivity index (χ3v) is 25.1. The lowest BCUT2D eigenvalue weighted by molar-refractivity contribution is 0.236. The van der Waals surface area contributed by atoms with Gasteiger partial charge in [-0.15, -0.1) is 0 Å². The van der Waals surface area contributed by atoms with Gasteiger partial charge < -0.3 is 42.6 Å². The molecule has 13 rings (SSSR count). The van der Waals surface area contributed by atoms with Crippen molar-refractivity contribution in [2.45, 2.75) is 293 Å². The largest absolute Gasteiger partial charge is 0.490 e. The van der Waals surface area contributed by atoms with E-state index in [2.05, 4.69) is 226 Å². The quantitative estimate of drug-likeness (QED) is 0.0273. The van der Waals surface area contributed by atoms with E-state index in [4.69, 9.17) is 42.6 Å². The summed E-state index contributed by atoms with van der Waals surface area (Å²) in [5, 5.41) is 26.8. The van der Waals surface area contributed by atoms with E-state index >= 15 is 0 Å². The molecule has 0 aliphatic heterocycles. The molecule has 0 aliphatic rings. The molecule has 0 spiro atoms. The molecule has 0 saturated carbocycles. The van der Waals surface area contributed by atoms with Gasteiger partial charge in [-0.05, 0) is 225 Å². The maximum Gasteiger partial charge on any atom is 0.204 e. The minimum absolute atomic E-state index is 0.571. The van der Waals surface area contributed by atoms with Crippen molar-refractivity contribution in [3.8, 4) is 51.7 Å². The zero-order valence-corrected chi connectivity index (χ0v) is 76.6. The van der Waals surface area contributed by atoms with Crippen LogP contribution in [-0.4, -0.2) is 59.5 Å². The van der Waals surface area contributed by atoms with Gasteiger partial charge in [0.2, 0.25) is 17.2 Å². The van der Waals surface area contributed by atoms with Crippen molar-refractivity contribution in [2.75, 3.05) is 59.5 Å². The van der Waals surface area contributed by atoms with Crippen LogP contribution in [0.25, 0.3) is 129 Å². The van der Waals surface area contributed by atoms with Crippen LogP contribution in [0, 0.1) is 0 Å². The Morgan fingerprint density at radius 1 is 0.146 bits per heavy atom. The molecule has 0 aliphatic carbocycles. The summed E-state index contributed by atoms with van der Waals surface area (Å²) in [7, 11) is 0. The molecule has 0 unspecified atom stereocenters. The second-order valence-electron chi connectivity index (χ2n) is 34.9. The van der Waals surface area contributed by atoms with Crippen LogP contribution in [0.15, 0.2) is 164 Å². The lowest BCUT2D eigenvalue weighted by atomic mass is 9.92. The van der Waals surface area contributed by atoms with Crippen LogP contribution in [0.1, 0.15) is 293 Å². The summed E-state index contributed by atoms with van der Waals surface area (Å²) in [6.07, 6.45) is 39.6. The Bertz CT molecular complexity index is 5720. The van der Waals surface area contributed by atoms with Crippen LogP contribution in [0.5, 0.6) is 51.7 Å². The molecule has 0 amide bonds. The van der Waals surface area contributed by atoms with Gasteiger partial charge in [-0.2, -0.15) is 0 Å². The molecule has 654 valence electrons. The van der Waals surface area contributed by atoms with Gasteiger partial charge in [0.1, 0.15) is 0 Å². The van der Waals surface area contributed by atoms with Crippen molar-refractivity contribution in [1.82, 2.24) is 0 Å². The maximum absolute atomic E-state index is 7.33. The van der Waals surface area contributed by atoms with E-state index in [1.54, 1.807) is 0 Å². The highest BCUT2D eigenvalue weighted by Gasteiger charge is 2.26. The molecule has 0 atom stereocenters. The molecule has 0 N–H and O–H groups in total. The van der Waals surface area contributed by atoms with Gasteiger partial charge in [-0.25, -0.2) is 0 Å². The van der Waals surface area contributed by atoms with Crippen LogP contribution in [0.4, 0.5) is 0 Å². The molecule has 0 heterocycles. The highest BCUT2D eigenvalue weighted by Crippen LogP contribution is 2.53. The minimum atomic E-state index is 0.571. The topological polar surface area (TPSA) is 83.1 Å². The maximum atomic E-state index is 7.33. The van der Waals surface area contributed by atoms with Gasteiger partial charge in [-0.3, -0.25) is 0 Å². The average molecular weight is 1660 g/mol. The first kappa shape index (κ1) is 91.1. The summed E-state index contributed by atoms with van der Waals surface area (Å²) >= 11 is 0. The fraction of sp³-hybridized carbons (Fsp3) is 0.474. The van der Waals surface area contributed by atoms with Gasteiger partial charge >= 0.3 is 0 Å². The van der Waals surface area contributed by atoms with Gasteiger partial charge in [-0.1, -0.05) is 345 Å². The van der Waals surface area contributed by atoms with Gasteiger partial charge in [0.25, 0.3) is 0 Å². The third kappa shape index (κ3) is 23.3. The van der Waals surface area contributed by atoms with Gasteiger partial charge in [0.15, 0.2) is 34.5 Å². The van der Waals surface area contributed by atoms with Crippen LogP contribution in [0.3, 0.4) is 0 Å². The van der Waals surface area contributed by atoms with E-state index < -0.39 is 0 Å². The SMILES string of the molecule is CCCCCCOc1cc2ccc3c4ccc5ccc6ccc7c(c6)c(ccc6cc8c(ccc9cc(OCCCCCC)c(OCCCCCC)c(OCCCCCC)c98)c8ccc(ccc(cc3c2c(OCCCCCC)c1OCCCCCC)c4c5)cc68)cc1c7ccc2cc(OCCCCCC)c(OCCCCCC)c(OCCCCCC)c21. The zero-order chi connectivity index (χ0) is 85.3. The summed E-state index contributed by atoms with van der Waals surface area (Å²) in [5.41, 5.74) is 0. The van der Waals surface area contributed by atoms with Crippen LogP contribution >= 0.6 is 0 Å². The summed E-state index contributed by atoms with van der Waals surface area (Å²) in [5.74, 6) is 6.79. The summed E-state index contributed by atoms with van der Waals surface area (Å²) in [4.78, 5) is 0. The van der Waals surface area contributed by atoms with Crippen molar-refractivity contribution in [2.24, 2.45) is 0 Å². The Kier molecular flexibility index (Phi) is 35.6. The average Bonchev–Trinajstić information content (AvgIpc) is 0.740. The fourth-order valence-corrected chi connectivity index (χ4v) is 18.1. The molecule has 9 heteroatoms. The van der Waals surface area contributed by atoms with Crippen LogP contribution in [-0.2, 0) is 0 Å². The van der Waals surface area contributed by atoms with Gasteiger partial charge in [0, 0.05) is 16.2 Å². The molecule has 13 aromatic carbocycles. The predicted octanol–water partition coefficient (Wildman–Crippen LogP) is 34.8. The molecule has 0 saturated heterocycles. The molecule has 123 heavy (non-hydrogen) atoms. The Hall–Kier alpha value is -9.60. The number of fused-ring (bicyclic) bond motifs is 15. The molecular weight excluding hydrogens is 1510 g/mol. The Balaban J connectivity index is 1.12. The predicted molar refractivity (Wildman–Crippen MR) is 530 cm³/mol. The summed E-state index contributed by atoms with van der Waals surface area (Å²) in [6.45, 7) is 25.8. The molecule has 6 bridgehead atoms. The lowest BCUT2D eigenvalue weighted by Crippen LogP contribution is -2.07. The fourth-order valence-electron chi connectivity index (χ4n) is 18.1. The molecule has 9 nitrogen and oxygen atoms in total. The first-order valence-corrected chi connectivity index (χ1v) is 48.9. The lowest BCUT2D eigenvalue weighted by Gasteiger charge is -2.21. The second kappa shape index (κ2) is 48.0. The van der Waals surface area contributed by atoms with E-state index in [9.17, 15) is 0 Å². The second-order valence-corrected chi connectivity index (χ2v) is 34.9. The molecular formula is C114H144O9. The third-order valence-electron chi connectivity index (χ3n) is 25.1. The summed E-state index contributed by atoms with van der Waals surface area (Å²) < 4.78 is 63.8. The monoisotopic (exact) mass is 1660 g/mol. The number of benzene rings is 12. The zero-order valence-electron chi connectivity index (χ0n) is 76.6. The standard InChI is InChI=1S/C114H144O9/c1-10-19-28-37-64-115-103-79-88-55-61-94-91-58-49-82-46-47-83-50-59-92-95-62-56-89-80-104(116-65-38-29-20-11-2)110(119-68-41-32-23-14-5)113(122-71-44-35-26-17-8)107(89)101(95)77-86(98(92)74-83)53-54-87-78-102-96(63-57-90-81-105(117-66-39-30-21-12-3)111(120-69-42-33-24-15-6)114(108(90)102)123-72-45-36-27-18-9)93-60-51-84(75-99(87)93)48-52-85(97(91)73-82)76-100(94)106(88)112(121-70-43-34-25-16-7)109(103)118-67-40-31-22-13-4/h46-63,73-81H,10-45,64-72H2,1-9H3. The van der Waals surface area contributed by atoms with E-state index in [0.29, 0.717) is 65.2 Å². The van der Waals surface area contributed by atoms with Crippen molar-refractivity contribution < 1.29 is 42.6 Å². The molecule has 13 aromatic rings. The summed E-state index contributed by atoms with van der Waals surface area (Å²) in [6, 6.07) is 63.3. The van der Waals surface area contributed by atoms with E-state index in [0.717, 1.165) is 332 Å². The first-order chi connectivity index (χ1) is 60.7.